The topological polar surface area (TPSA) is 45.9 Å². The lowest BCUT2D eigenvalue weighted by molar-refractivity contribution is -0.000753. The Kier molecular flexibility index (Phi) is 5.60. The molecular weight excluding hydrogens is 340 g/mol. The highest BCUT2D eigenvalue weighted by molar-refractivity contribution is 5.91. The predicted octanol–water partition coefficient (Wildman–Crippen LogP) is 3.48. The van der Waals surface area contributed by atoms with Gasteiger partial charge in [0.15, 0.2) is 5.76 Å². The monoisotopic (exact) mass is 368 g/mol. The van der Waals surface area contributed by atoms with Gasteiger partial charge >= 0.3 is 0 Å². The smallest absolute Gasteiger partial charge is 0.289 e. The first-order chi connectivity index (χ1) is 13.2. The minimum atomic E-state index is -0.0700. The van der Waals surface area contributed by atoms with Crippen molar-refractivity contribution in [2.45, 2.75) is 44.9 Å². The van der Waals surface area contributed by atoms with Crippen molar-refractivity contribution < 1.29 is 13.9 Å². The molecule has 1 amide bonds. The average Bonchev–Trinajstić information content (AvgIpc) is 3.16. The fraction of sp³-hybridized carbons (Fsp3) is 0.500. The van der Waals surface area contributed by atoms with Crippen LogP contribution in [0.15, 0.2) is 40.8 Å². The molecule has 144 valence electrons. The number of benzene rings is 1. The van der Waals surface area contributed by atoms with Gasteiger partial charge in [0, 0.05) is 33.3 Å². The van der Waals surface area contributed by atoms with Crippen LogP contribution < -0.4 is 0 Å². The summed E-state index contributed by atoms with van der Waals surface area (Å²) < 4.78 is 11.6. The van der Waals surface area contributed by atoms with Gasteiger partial charge in [-0.15, -0.1) is 0 Å². The molecule has 0 spiro atoms. The van der Waals surface area contributed by atoms with E-state index in [1.807, 2.05) is 13.1 Å². The number of hydrogen-bond acceptors (Lipinski definition) is 4. The van der Waals surface area contributed by atoms with Gasteiger partial charge in [-0.2, -0.15) is 0 Å². The van der Waals surface area contributed by atoms with Crippen LogP contribution in [0.2, 0.25) is 0 Å². The van der Waals surface area contributed by atoms with E-state index in [1.54, 1.807) is 11.0 Å². The largest absolute Gasteiger partial charge is 0.455 e. The molecule has 1 aromatic heterocycles. The van der Waals surface area contributed by atoms with Crippen LogP contribution in [0.25, 0.3) is 0 Å². The van der Waals surface area contributed by atoms with E-state index in [1.165, 1.54) is 17.5 Å². The van der Waals surface area contributed by atoms with Crippen LogP contribution in [0.5, 0.6) is 0 Å². The summed E-state index contributed by atoms with van der Waals surface area (Å²) in [5, 5.41) is 0. The van der Waals surface area contributed by atoms with Gasteiger partial charge in [-0.05, 0) is 48.9 Å². The number of carbonyl (C=O) groups is 1. The number of hydrogen-bond donors (Lipinski definition) is 0. The molecule has 0 bridgehead atoms. The Bertz CT molecular complexity index is 779. The molecular formula is C22H28N2O3. The molecule has 27 heavy (non-hydrogen) atoms. The maximum atomic E-state index is 12.7. The highest BCUT2D eigenvalue weighted by Crippen LogP contribution is 2.21. The van der Waals surface area contributed by atoms with E-state index in [4.69, 9.17) is 9.15 Å². The van der Waals surface area contributed by atoms with Crippen molar-refractivity contribution in [2.24, 2.45) is 0 Å². The summed E-state index contributed by atoms with van der Waals surface area (Å²) in [5.41, 5.74) is 2.83. The summed E-state index contributed by atoms with van der Waals surface area (Å²) in [6.07, 6.45) is 4.54. The first-order valence-corrected chi connectivity index (χ1v) is 9.94. The highest BCUT2D eigenvalue weighted by atomic mass is 16.5. The Balaban J connectivity index is 1.33. The van der Waals surface area contributed by atoms with Crippen LogP contribution in [0.1, 0.15) is 46.7 Å². The molecule has 0 saturated carbocycles. The third kappa shape index (κ3) is 4.42. The van der Waals surface area contributed by atoms with Gasteiger partial charge < -0.3 is 14.1 Å². The van der Waals surface area contributed by atoms with E-state index < -0.39 is 0 Å². The molecule has 1 unspecified atom stereocenters. The zero-order chi connectivity index (χ0) is 18.6. The summed E-state index contributed by atoms with van der Waals surface area (Å²) in [4.78, 5) is 16.7. The van der Waals surface area contributed by atoms with Crippen molar-refractivity contribution in [2.75, 3.05) is 26.7 Å². The number of fused-ring (bicyclic) bond motifs is 1. The second-order valence-corrected chi connectivity index (χ2v) is 7.67. The molecule has 0 N–H and O–H groups in total. The molecule has 1 saturated heterocycles. The number of nitrogens with zero attached hydrogens (tertiary/aromatic N) is 2. The Hall–Kier alpha value is -2.11. The van der Waals surface area contributed by atoms with E-state index in [2.05, 4.69) is 29.2 Å². The minimum Gasteiger partial charge on any atom is -0.455 e. The molecule has 2 aromatic rings. The number of ether oxygens (including phenoxy) is 1. The summed E-state index contributed by atoms with van der Waals surface area (Å²) in [6, 6.07) is 12.3. The maximum Gasteiger partial charge on any atom is 0.289 e. The number of likely N-dealkylation sites (N-methyl/N-ethyl adjacent to an activating group) is 1. The fourth-order valence-electron chi connectivity index (χ4n) is 4.02. The molecule has 5 nitrogen and oxygen atoms in total. The normalized spacial score (nSPS) is 20.3. The highest BCUT2D eigenvalue weighted by Gasteiger charge is 2.23. The van der Waals surface area contributed by atoms with Crippen LogP contribution >= 0.6 is 0 Å². The quantitative estimate of drug-likeness (QED) is 0.811. The zero-order valence-corrected chi connectivity index (χ0v) is 16.0. The van der Waals surface area contributed by atoms with Crippen LogP contribution in [0.4, 0.5) is 0 Å². The molecule has 5 heteroatoms. The molecule has 1 fully saturated rings. The molecule has 1 aromatic carbocycles. The summed E-state index contributed by atoms with van der Waals surface area (Å²) in [5.74, 6) is 1.19. The number of furan rings is 1. The molecule has 3 heterocycles. The van der Waals surface area contributed by atoms with Gasteiger partial charge in [0.25, 0.3) is 5.91 Å². The van der Waals surface area contributed by atoms with Crippen LogP contribution in [-0.2, 0) is 24.2 Å². The SMILES string of the molecule is CN(CC1CCCCO1)C(=O)c1ccc(CN2CCc3ccccc3C2)o1. The maximum absolute atomic E-state index is 12.7. The van der Waals surface area contributed by atoms with Gasteiger partial charge in [-0.25, -0.2) is 0 Å². The first-order valence-electron chi connectivity index (χ1n) is 9.94. The van der Waals surface area contributed by atoms with Crippen LogP contribution in [-0.4, -0.2) is 48.6 Å². The number of carbonyl (C=O) groups excluding carboxylic acids is 1. The van der Waals surface area contributed by atoms with E-state index in [0.29, 0.717) is 12.3 Å². The molecule has 2 aliphatic rings. The Morgan fingerprint density at radius 3 is 2.85 bits per heavy atom. The van der Waals surface area contributed by atoms with E-state index >= 15 is 0 Å². The second-order valence-electron chi connectivity index (χ2n) is 7.67. The van der Waals surface area contributed by atoms with E-state index in [9.17, 15) is 4.79 Å². The first kappa shape index (κ1) is 18.3. The standard InChI is InChI=1S/C22H28N2O3/c1-23(15-19-8-4-5-13-26-19)22(25)21-10-9-20(27-21)16-24-12-11-17-6-2-3-7-18(17)14-24/h2-3,6-7,9-10,19H,4-5,8,11-16H2,1H3. The number of rotatable bonds is 5. The lowest BCUT2D eigenvalue weighted by Crippen LogP contribution is -2.37. The second kappa shape index (κ2) is 8.28. The third-order valence-electron chi connectivity index (χ3n) is 5.56. The van der Waals surface area contributed by atoms with Gasteiger partial charge in [0.1, 0.15) is 5.76 Å². The van der Waals surface area contributed by atoms with Gasteiger partial charge in [-0.1, -0.05) is 24.3 Å². The lowest BCUT2D eigenvalue weighted by Gasteiger charge is -2.28. The fourth-order valence-corrected chi connectivity index (χ4v) is 4.02. The number of amides is 1. The van der Waals surface area contributed by atoms with Crippen molar-refractivity contribution in [3.8, 4) is 0 Å². The van der Waals surface area contributed by atoms with Crippen LogP contribution in [0, 0.1) is 0 Å². The Morgan fingerprint density at radius 1 is 1.19 bits per heavy atom. The van der Waals surface area contributed by atoms with Gasteiger partial charge in [0.2, 0.25) is 0 Å². The van der Waals surface area contributed by atoms with Crippen molar-refractivity contribution in [3.63, 3.8) is 0 Å². The van der Waals surface area contributed by atoms with Crippen molar-refractivity contribution >= 4 is 5.91 Å². The molecule has 1 atom stereocenters. The molecule has 0 radical (unpaired) electrons. The summed E-state index contributed by atoms with van der Waals surface area (Å²) >= 11 is 0. The van der Waals surface area contributed by atoms with Crippen molar-refractivity contribution in [1.29, 1.82) is 0 Å². The summed E-state index contributed by atoms with van der Waals surface area (Å²) in [7, 11) is 1.82. The van der Waals surface area contributed by atoms with Crippen molar-refractivity contribution in [1.82, 2.24) is 9.80 Å². The molecule has 0 aliphatic carbocycles. The van der Waals surface area contributed by atoms with E-state index in [-0.39, 0.29) is 12.0 Å². The van der Waals surface area contributed by atoms with E-state index in [0.717, 1.165) is 51.3 Å². The Morgan fingerprint density at radius 2 is 2.04 bits per heavy atom. The third-order valence-corrected chi connectivity index (χ3v) is 5.56. The predicted molar refractivity (Wildman–Crippen MR) is 104 cm³/mol. The van der Waals surface area contributed by atoms with Gasteiger partial charge in [-0.3, -0.25) is 9.69 Å². The van der Waals surface area contributed by atoms with Gasteiger partial charge in [0.05, 0.1) is 12.6 Å². The van der Waals surface area contributed by atoms with Crippen LogP contribution in [0.3, 0.4) is 0 Å². The van der Waals surface area contributed by atoms with Crippen molar-refractivity contribution in [3.05, 3.63) is 59.0 Å². The lowest BCUT2D eigenvalue weighted by atomic mass is 10.00. The molecule has 4 rings (SSSR count). The minimum absolute atomic E-state index is 0.0700. The Labute approximate surface area is 160 Å². The molecule has 2 aliphatic heterocycles. The summed E-state index contributed by atoms with van der Waals surface area (Å²) in [6.45, 7) is 4.10. The average molecular weight is 368 g/mol. The zero-order valence-electron chi connectivity index (χ0n) is 16.0.